The van der Waals surface area contributed by atoms with Gasteiger partial charge in [-0.1, -0.05) is 11.5 Å². The van der Waals surface area contributed by atoms with Crippen molar-refractivity contribution in [3.63, 3.8) is 0 Å². The van der Waals surface area contributed by atoms with Crippen LogP contribution in [0.15, 0.2) is 47.5 Å². The highest BCUT2D eigenvalue weighted by atomic mass is 19.4. The van der Waals surface area contributed by atoms with Gasteiger partial charge in [0.2, 0.25) is 5.91 Å². The van der Waals surface area contributed by atoms with E-state index in [1.54, 1.807) is 12.1 Å². The zero-order chi connectivity index (χ0) is 24.8. The lowest BCUT2D eigenvalue weighted by Crippen LogP contribution is -2.51. The van der Waals surface area contributed by atoms with E-state index in [-0.39, 0.29) is 16.8 Å². The van der Waals surface area contributed by atoms with Crippen molar-refractivity contribution < 1.29 is 27.4 Å². The highest BCUT2D eigenvalue weighted by Crippen LogP contribution is 2.44. The van der Waals surface area contributed by atoms with Crippen LogP contribution >= 0.6 is 0 Å². The van der Waals surface area contributed by atoms with Crippen molar-refractivity contribution in [3.8, 4) is 11.4 Å². The van der Waals surface area contributed by atoms with Gasteiger partial charge in [0.25, 0.3) is 5.56 Å². The van der Waals surface area contributed by atoms with Crippen LogP contribution < -0.4 is 21.1 Å². The maximum Gasteiger partial charge on any atom is 0.573 e. The molecule has 5 rings (SSSR count). The SMILES string of the molecule is [B]c1ccc2c(=O)n(-c3ccc(OC(F)(F)F)c(NC(=O)C4(N5CCOCC5)CC4)c3)cnc2c1. The van der Waals surface area contributed by atoms with E-state index < -0.39 is 29.1 Å². The van der Waals surface area contributed by atoms with E-state index in [0.717, 1.165) is 6.07 Å². The van der Waals surface area contributed by atoms with Crippen LogP contribution in [0.3, 0.4) is 0 Å². The largest absolute Gasteiger partial charge is 0.573 e. The molecule has 2 fully saturated rings. The number of aromatic nitrogens is 2. The molecule has 2 aliphatic rings. The lowest BCUT2D eigenvalue weighted by atomic mass is 9.95. The van der Waals surface area contributed by atoms with Crippen LogP contribution in [0.25, 0.3) is 16.6 Å². The summed E-state index contributed by atoms with van der Waals surface area (Å²) in [6.07, 6.45) is -2.54. The molecule has 3 aromatic rings. The van der Waals surface area contributed by atoms with Crippen molar-refractivity contribution in [3.05, 3.63) is 53.1 Å². The third-order valence-electron chi connectivity index (χ3n) is 6.26. The minimum Gasteiger partial charge on any atom is -0.404 e. The van der Waals surface area contributed by atoms with E-state index in [2.05, 4.69) is 15.0 Å². The van der Waals surface area contributed by atoms with Crippen LogP contribution in [0.1, 0.15) is 12.8 Å². The molecule has 35 heavy (non-hydrogen) atoms. The van der Waals surface area contributed by atoms with Crippen molar-refractivity contribution in [2.24, 2.45) is 0 Å². The van der Waals surface area contributed by atoms with Crippen LogP contribution in [0, 0.1) is 0 Å². The number of hydrogen-bond acceptors (Lipinski definition) is 6. The van der Waals surface area contributed by atoms with Gasteiger partial charge in [-0.3, -0.25) is 19.1 Å². The van der Waals surface area contributed by atoms with Crippen molar-refractivity contribution in [1.29, 1.82) is 0 Å². The Labute approximate surface area is 199 Å². The quantitative estimate of drug-likeness (QED) is 0.557. The summed E-state index contributed by atoms with van der Waals surface area (Å²) < 4.78 is 49.9. The Morgan fingerprint density at radius 2 is 1.89 bits per heavy atom. The molecule has 0 atom stereocenters. The van der Waals surface area contributed by atoms with Crippen LogP contribution in [-0.4, -0.2) is 66.4 Å². The van der Waals surface area contributed by atoms with Gasteiger partial charge >= 0.3 is 6.36 Å². The minimum atomic E-state index is -4.97. The normalized spacial score (nSPS) is 17.8. The number of benzene rings is 2. The molecule has 1 amide bonds. The van der Waals surface area contributed by atoms with E-state index in [0.29, 0.717) is 50.1 Å². The molecular formula is C23H20BF3N4O4. The lowest BCUT2D eigenvalue weighted by molar-refractivity contribution is -0.274. The zero-order valence-corrected chi connectivity index (χ0v) is 18.5. The smallest absolute Gasteiger partial charge is 0.404 e. The number of rotatable bonds is 5. The number of alkyl halides is 3. The average molecular weight is 484 g/mol. The summed E-state index contributed by atoms with van der Waals surface area (Å²) in [6.45, 7) is 2.08. The molecule has 180 valence electrons. The van der Waals surface area contributed by atoms with Crippen LogP contribution in [0.2, 0.25) is 0 Å². The summed E-state index contributed by atoms with van der Waals surface area (Å²) in [5.74, 6) is -1.01. The number of anilines is 1. The van der Waals surface area contributed by atoms with Crippen LogP contribution in [0.4, 0.5) is 18.9 Å². The molecule has 2 aromatic carbocycles. The van der Waals surface area contributed by atoms with Crippen molar-refractivity contribution in [2.45, 2.75) is 24.7 Å². The van der Waals surface area contributed by atoms with Gasteiger partial charge in [-0.25, -0.2) is 4.98 Å². The summed E-state index contributed by atoms with van der Waals surface area (Å²) in [5.41, 5.74) is -0.399. The van der Waals surface area contributed by atoms with Gasteiger partial charge < -0.3 is 14.8 Å². The molecule has 8 nitrogen and oxygen atoms in total. The number of amides is 1. The van der Waals surface area contributed by atoms with Crippen molar-refractivity contribution >= 4 is 35.8 Å². The summed E-state index contributed by atoms with van der Waals surface area (Å²) in [5, 5.41) is 2.89. The fourth-order valence-corrected chi connectivity index (χ4v) is 4.34. The molecule has 1 N–H and O–H groups in total. The first kappa shape index (κ1) is 23.4. The monoisotopic (exact) mass is 484 g/mol. The second-order valence-corrected chi connectivity index (χ2v) is 8.51. The van der Waals surface area contributed by atoms with Crippen LogP contribution in [0.5, 0.6) is 5.75 Å². The Morgan fingerprint density at radius 1 is 1.14 bits per heavy atom. The Balaban J connectivity index is 1.52. The molecule has 2 heterocycles. The molecule has 1 saturated carbocycles. The van der Waals surface area contributed by atoms with Gasteiger partial charge in [0, 0.05) is 13.1 Å². The van der Waals surface area contributed by atoms with E-state index in [1.807, 2.05) is 4.90 Å². The summed E-state index contributed by atoms with van der Waals surface area (Å²) in [4.78, 5) is 32.5. The molecule has 2 radical (unpaired) electrons. The summed E-state index contributed by atoms with van der Waals surface area (Å²) >= 11 is 0. The number of halogens is 3. The lowest BCUT2D eigenvalue weighted by Gasteiger charge is -2.34. The maximum atomic E-state index is 13.2. The van der Waals surface area contributed by atoms with Crippen LogP contribution in [-0.2, 0) is 9.53 Å². The molecule has 0 spiro atoms. The Kier molecular flexibility index (Phi) is 5.80. The molecule has 1 aliphatic carbocycles. The van der Waals surface area contributed by atoms with Crippen molar-refractivity contribution in [1.82, 2.24) is 14.5 Å². The number of carbonyl (C=O) groups excluding carboxylic acids is 1. The molecule has 12 heteroatoms. The number of carbonyl (C=O) groups is 1. The molecule has 1 saturated heterocycles. The second-order valence-electron chi connectivity index (χ2n) is 8.51. The fraction of sp³-hybridized carbons (Fsp3) is 0.348. The van der Waals surface area contributed by atoms with E-state index >= 15 is 0 Å². The maximum absolute atomic E-state index is 13.2. The number of fused-ring (bicyclic) bond motifs is 1. The Hall–Kier alpha value is -3.38. The summed E-state index contributed by atoms with van der Waals surface area (Å²) in [6, 6.07) is 8.25. The second kappa shape index (κ2) is 8.69. The predicted octanol–water partition coefficient (Wildman–Crippen LogP) is 1.88. The first-order valence-electron chi connectivity index (χ1n) is 11.0. The van der Waals surface area contributed by atoms with Gasteiger partial charge in [-0.05, 0) is 43.2 Å². The fourth-order valence-electron chi connectivity index (χ4n) is 4.34. The number of hydrogen-bond donors (Lipinski definition) is 1. The highest BCUT2D eigenvalue weighted by molar-refractivity contribution is 6.33. The number of nitrogens with zero attached hydrogens (tertiary/aromatic N) is 3. The third kappa shape index (κ3) is 4.63. The minimum absolute atomic E-state index is 0.200. The molecular weight excluding hydrogens is 464 g/mol. The van der Waals surface area contributed by atoms with Gasteiger partial charge in [-0.2, -0.15) is 0 Å². The van der Waals surface area contributed by atoms with E-state index in [9.17, 15) is 22.8 Å². The van der Waals surface area contributed by atoms with Gasteiger partial charge in [-0.15, -0.1) is 13.2 Å². The van der Waals surface area contributed by atoms with Crippen molar-refractivity contribution in [2.75, 3.05) is 31.6 Å². The predicted molar refractivity (Wildman–Crippen MR) is 122 cm³/mol. The first-order chi connectivity index (χ1) is 16.7. The van der Waals surface area contributed by atoms with E-state index in [4.69, 9.17) is 12.6 Å². The third-order valence-corrected chi connectivity index (χ3v) is 6.26. The van der Waals surface area contributed by atoms with E-state index in [1.165, 1.54) is 29.1 Å². The molecule has 0 unspecified atom stereocenters. The zero-order valence-electron chi connectivity index (χ0n) is 18.5. The number of nitrogens with one attached hydrogen (secondary N) is 1. The molecule has 1 aliphatic heterocycles. The Morgan fingerprint density at radius 3 is 2.57 bits per heavy atom. The molecule has 0 bridgehead atoms. The highest BCUT2D eigenvalue weighted by Gasteiger charge is 2.54. The number of morpholine rings is 1. The Bertz CT molecular complexity index is 1350. The van der Waals surface area contributed by atoms with Gasteiger partial charge in [0.05, 0.1) is 35.5 Å². The topological polar surface area (TPSA) is 85.7 Å². The standard InChI is InChI=1S/C23H20BF3N4O4/c24-14-1-3-16-17(11-14)28-13-31(20(16)32)15-2-4-19(35-23(25,26)27)18(12-15)29-21(33)22(5-6-22)30-7-9-34-10-8-30/h1-4,11-13H,5-10H2,(H,29,33). The molecule has 1 aromatic heterocycles. The van der Waals surface area contributed by atoms with Gasteiger partial charge in [0.15, 0.2) is 5.75 Å². The summed E-state index contributed by atoms with van der Waals surface area (Å²) in [7, 11) is 5.75. The number of ether oxygens (including phenoxy) is 2. The van der Waals surface area contributed by atoms with Gasteiger partial charge in [0.1, 0.15) is 19.7 Å². The average Bonchev–Trinajstić information content (AvgIpc) is 3.62. The first-order valence-corrected chi connectivity index (χ1v) is 11.0.